The number of aliphatic hydroxyl groups is 4. The first-order chi connectivity index (χ1) is 65.5. The molecule has 8 aliphatic heterocycles. The molecule has 8 aliphatic rings. The number of fused-ring (bicyclic) bond motifs is 3. The monoisotopic (exact) mass is 2000 g/mol. The molecule has 14 N–H and O–H groups in total. The predicted octanol–water partition coefficient (Wildman–Crippen LogP) is 7.40. The SMILES string of the molecule is CC(=O)CO[C@@H]1C(C)[C@H](N=[N+]=[N-])OC2COC(c3ccccc3)O[C@@H]21.CC(=O)CO[C@@H]1C(NC(=O)c2ccc(Cl)c(Cl)c2)[C@H](N)OC2COC(c3ccccc3)O[C@@H]21.COC(=O)COC1C(NC(=O)c2ccc(Cl)c(Cl)c2)[C@H](CC(=O)CCC(=O)N[C@@H]2OC(CO)[C@H](O)[C@H](C)C2OCCCN)O[C@@H](CO)[C@@H]1O.C[C@@H]1C(OCCCNC(=O)OC(C)(C)C)[C@H](N)OC2COC(c3ccccc3)O[C@@H]21. The van der Waals surface area contributed by atoms with Crippen LogP contribution in [0.5, 0.6) is 0 Å². The molecule has 40 nitrogen and oxygen atoms in total. The van der Waals surface area contributed by atoms with Gasteiger partial charge in [-0.15, -0.1) is 0 Å². The fraction of sp³-hybridized carbons (Fsp3) is 0.591. The average molecular weight is 2000 g/mol. The van der Waals surface area contributed by atoms with Gasteiger partial charge in [0.25, 0.3) is 11.8 Å². The van der Waals surface area contributed by atoms with Gasteiger partial charge in [0, 0.05) is 89.5 Å². The van der Waals surface area contributed by atoms with Gasteiger partial charge in [-0.1, -0.05) is 163 Å². The number of methoxy groups -OCH3 is 1. The molecule has 0 saturated carbocycles. The van der Waals surface area contributed by atoms with E-state index in [-0.39, 0.29) is 115 Å². The van der Waals surface area contributed by atoms with Crippen molar-refractivity contribution in [1.29, 1.82) is 0 Å². The van der Waals surface area contributed by atoms with E-state index in [1.807, 2.05) is 119 Å². The van der Waals surface area contributed by atoms with Crippen LogP contribution < -0.4 is 38.5 Å². The van der Waals surface area contributed by atoms with E-state index in [1.54, 1.807) is 13.0 Å². The zero-order valence-electron chi connectivity index (χ0n) is 77.3. The van der Waals surface area contributed by atoms with Crippen molar-refractivity contribution in [2.75, 3.05) is 86.3 Å². The number of ether oxygens (including phenoxy) is 18. The number of Topliss-reactive ketones (excluding diaryl/α,β-unsaturated/α-hetero) is 3. The summed E-state index contributed by atoms with van der Waals surface area (Å²) in [6.07, 6.45) is -17.0. The number of aliphatic hydroxyl groups excluding tert-OH is 4. The van der Waals surface area contributed by atoms with Gasteiger partial charge < -0.3 is 144 Å². The lowest BCUT2D eigenvalue weighted by molar-refractivity contribution is -0.324. The molecule has 5 aromatic rings. The number of hydrogen-bond donors (Lipinski definition) is 11. The molecule has 8 fully saturated rings. The van der Waals surface area contributed by atoms with Gasteiger partial charge >= 0.3 is 12.1 Å². The molecule has 8 saturated heterocycles. The molecule has 0 aliphatic carbocycles. The summed E-state index contributed by atoms with van der Waals surface area (Å²) in [5, 5.41) is 56.5. The van der Waals surface area contributed by atoms with Crippen LogP contribution in [0.2, 0.25) is 20.1 Å². The normalized spacial score (nSPS) is 31.0. The van der Waals surface area contributed by atoms with Crippen LogP contribution in [0.1, 0.15) is 144 Å². The number of benzene rings is 5. The maximum Gasteiger partial charge on any atom is 0.407 e. The summed E-state index contributed by atoms with van der Waals surface area (Å²) in [6.45, 7) is 14.4. The van der Waals surface area contributed by atoms with Crippen molar-refractivity contribution >= 4 is 93.5 Å². The average Bonchev–Trinajstić information content (AvgIpc) is 0.768. The molecule has 137 heavy (non-hydrogen) atoms. The van der Waals surface area contributed by atoms with Crippen molar-refractivity contribution < 1.29 is 144 Å². The topological polar surface area (TPSA) is 559 Å². The second-order valence-corrected chi connectivity index (χ2v) is 36.4. The van der Waals surface area contributed by atoms with Gasteiger partial charge in [-0.05, 0) is 95.9 Å². The van der Waals surface area contributed by atoms with Crippen LogP contribution >= 0.6 is 46.4 Å². The number of nitrogens with zero attached hydrogens (tertiary/aromatic N) is 3. The molecule has 4 amide bonds. The third-order valence-electron chi connectivity index (χ3n) is 23.3. The smallest absolute Gasteiger partial charge is 0.407 e. The Labute approximate surface area is 813 Å². The van der Waals surface area contributed by atoms with Crippen molar-refractivity contribution in [1.82, 2.24) is 21.3 Å². The van der Waals surface area contributed by atoms with Crippen LogP contribution in [-0.4, -0.2) is 294 Å². The van der Waals surface area contributed by atoms with E-state index in [4.69, 9.17) is 150 Å². The predicted molar refractivity (Wildman–Crippen MR) is 492 cm³/mol. The lowest BCUT2D eigenvalue weighted by Crippen LogP contribution is -2.69. The maximum atomic E-state index is 13.3. The molecule has 754 valence electrons. The Morgan fingerprint density at radius 3 is 1.51 bits per heavy atom. The summed E-state index contributed by atoms with van der Waals surface area (Å²) in [5.74, 6) is -3.97. The number of carbonyl (C=O) groups is 8. The number of carbonyl (C=O) groups excluding carboxylic acids is 8. The number of nitrogens with one attached hydrogen (secondary N) is 4. The summed E-state index contributed by atoms with van der Waals surface area (Å²) in [5.41, 5.74) is 29.3. The van der Waals surface area contributed by atoms with E-state index < -0.39 is 202 Å². The van der Waals surface area contributed by atoms with Gasteiger partial charge in [0.15, 0.2) is 36.7 Å². The van der Waals surface area contributed by atoms with Crippen molar-refractivity contribution in [3.05, 3.63) is 186 Å². The summed E-state index contributed by atoms with van der Waals surface area (Å²) in [4.78, 5) is 102. The summed E-state index contributed by atoms with van der Waals surface area (Å²) in [7, 11) is 1.13. The number of rotatable bonds is 34. The number of amides is 4. The number of nitrogens with two attached hydrogens (primary N) is 3. The molecule has 0 aromatic heterocycles. The molecule has 5 aromatic carbocycles. The minimum atomic E-state index is -1.54. The van der Waals surface area contributed by atoms with Crippen LogP contribution in [0.3, 0.4) is 0 Å². The number of alkyl carbamates (subject to hydrolysis) is 1. The minimum Gasteiger partial charge on any atom is -0.467 e. The van der Waals surface area contributed by atoms with Gasteiger partial charge in [-0.25, -0.2) is 9.59 Å². The Morgan fingerprint density at radius 2 is 1.00 bits per heavy atom. The highest BCUT2D eigenvalue weighted by atomic mass is 35.5. The van der Waals surface area contributed by atoms with Gasteiger partial charge in [0.05, 0.1) is 96.7 Å². The Morgan fingerprint density at radius 1 is 0.518 bits per heavy atom. The Hall–Kier alpha value is -8.19. The molecule has 28 atom stereocenters. The number of esters is 1. The standard InChI is InChI=1S/C31H45Cl2N3O13.C23H24Cl2N2O6.C22H34N2O6.C17H21N3O5/c1-15-26(42)21(12-37)49-31(28(15)46-9-3-8-34)35-23(40)7-5-17(39)11-20-25(36-30(44)16-4-6-18(32)19(33)10-16)29(47-14-24(41)45-2)27(43)22(13-38)48-20;1-12(28)10-30-20-18(27-22(29)14-7-8-15(24)16(25)9-14)21(26)32-17-11-31-23(33-19(17)20)13-5-3-2-4-6-13;1-14-17-16(13-27-20(29-17)15-9-6-5-7-10-15)28-19(23)18(14)26-12-8-11-24-21(25)30-22(2,3)4;1-10(21)8-22-14-11(2)16(19-20-18)24-13-9-23-17(25-15(13)14)12-6-4-3-5-7-12/h4,6,10,15,20-22,25-29,31,37-38,42-43H,3,5,7-9,11-14,34H2,1-2H3,(H,35,40)(H,36,44);2-9,17-21,23H,10-11,26H2,1H3,(H,27,29);5-7,9-10,14,16-20H,8,11-13,23H2,1-4H3,(H,24,25);3-7,11,13-17H,8-9H2,1-2H3/t15-,20-,21?,22-,25?,26+,27-,28?,29?,31+;17?,18?,19-,20+,21+,23?;14-,16?,17+,18?,19+,20?;11?,13?,14-,15+,16-,17?/m0001/s1. The van der Waals surface area contributed by atoms with Crippen LogP contribution in [0.4, 0.5) is 4.79 Å². The van der Waals surface area contributed by atoms with E-state index in [1.165, 1.54) is 44.2 Å². The highest BCUT2D eigenvalue weighted by Gasteiger charge is 2.54. The van der Waals surface area contributed by atoms with Crippen LogP contribution in [0.25, 0.3) is 10.4 Å². The molecule has 13 unspecified atom stereocenters. The second kappa shape index (κ2) is 54.2. The summed E-state index contributed by atoms with van der Waals surface area (Å²) in [6, 6.07) is 35.5. The molecule has 8 heterocycles. The van der Waals surface area contributed by atoms with Gasteiger partial charge in [-0.3, -0.25) is 28.8 Å². The Balaban J connectivity index is 0.000000195. The molecular formula is C93H124Cl4N10O30. The number of hydrogen-bond acceptors (Lipinski definition) is 34. The Kier molecular flexibility index (Phi) is 43.8. The highest BCUT2D eigenvalue weighted by Crippen LogP contribution is 2.42. The van der Waals surface area contributed by atoms with Gasteiger partial charge in [0.1, 0.15) is 123 Å². The third kappa shape index (κ3) is 31.9. The van der Waals surface area contributed by atoms with Crippen LogP contribution in [0.15, 0.2) is 133 Å². The molecule has 0 spiro atoms. The fourth-order valence-corrected chi connectivity index (χ4v) is 16.9. The maximum absolute atomic E-state index is 13.3. The van der Waals surface area contributed by atoms with Crippen molar-refractivity contribution in [2.24, 2.45) is 40.1 Å². The highest BCUT2D eigenvalue weighted by molar-refractivity contribution is 6.42. The van der Waals surface area contributed by atoms with Gasteiger partial charge in [0.2, 0.25) is 5.91 Å². The van der Waals surface area contributed by atoms with Gasteiger partial charge in [-0.2, -0.15) is 0 Å². The third-order valence-corrected chi connectivity index (χ3v) is 24.8. The van der Waals surface area contributed by atoms with Crippen LogP contribution in [0, 0.1) is 17.8 Å². The number of ketones is 3. The van der Waals surface area contributed by atoms with Crippen molar-refractivity contribution in [2.45, 2.75) is 247 Å². The van der Waals surface area contributed by atoms with E-state index in [0.717, 1.165) is 23.8 Å². The van der Waals surface area contributed by atoms with E-state index in [9.17, 15) is 58.8 Å². The van der Waals surface area contributed by atoms with Crippen molar-refractivity contribution in [3.63, 3.8) is 0 Å². The first-order valence-corrected chi connectivity index (χ1v) is 46.5. The zero-order valence-corrected chi connectivity index (χ0v) is 80.3. The zero-order chi connectivity index (χ0) is 99.3. The van der Waals surface area contributed by atoms with E-state index in [2.05, 4.69) is 43.0 Å². The molecule has 0 bridgehead atoms. The minimum absolute atomic E-state index is 0.0264. The lowest BCUT2D eigenvalue weighted by atomic mass is 9.89. The molecule has 13 rings (SSSR count). The molecule has 0 radical (unpaired) electrons. The van der Waals surface area contributed by atoms with Crippen molar-refractivity contribution in [3.8, 4) is 0 Å². The summed E-state index contributed by atoms with van der Waals surface area (Å²) < 4.78 is 104. The second-order valence-electron chi connectivity index (χ2n) is 34.8. The number of azide groups is 1. The first-order valence-electron chi connectivity index (χ1n) is 45.0. The Bertz CT molecular complexity index is 4760. The lowest BCUT2D eigenvalue weighted by Gasteiger charge is -2.48. The van der Waals surface area contributed by atoms with E-state index in [0.29, 0.717) is 49.7 Å². The summed E-state index contributed by atoms with van der Waals surface area (Å²) >= 11 is 24.1. The largest absolute Gasteiger partial charge is 0.467 e. The fourth-order valence-electron chi connectivity index (χ4n) is 16.3. The van der Waals surface area contributed by atoms with E-state index >= 15 is 0 Å². The molecular weight excluding hydrogens is 1880 g/mol. The number of halogens is 4. The van der Waals surface area contributed by atoms with Crippen LogP contribution in [-0.2, 0) is 109 Å². The quantitative estimate of drug-likeness (QED) is 0.00628. The molecule has 44 heteroatoms. The first kappa shape index (κ1) is 111.